The van der Waals surface area contributed by atoms with Gasteiger partial charge in [0.05, 0.1) is 0 Å². The zero-order chi connectivity index (χ0) is 16.0. The number of likely N-dealkylation sites (tertiary alicyclic amines) is 1. The maximum atomic E-state index is 4.47. The van der Waals surface area contributed by atoms with Gasteiger partial charge in [-0.2, -0.15) is 0 Å². The molecule has 0 bridgehead atoms. The normalized spacial score (nSPS) is 19.7. The summed E-state index contributed by atoms with van der Waals surface area (Å²) >= 11 is 0. The van der Waals surface area contributed by atoms with Gasteiger partial charge >= 0.3 is 0 Å². The molecule has 0 atom stereocenters. The molecule has 5 heteroatoms. The maximum absolute atomic E-state index is 4.47. The summed E-state index contributed by atoms with van der Waals surface area (Å²) in [5.41, 5.74) is 0.629. The van der Waals surface area contributed by atoms with Crippen molar-refractivity contribution in [3.05, 3.63) is 24.4 Å². The SMILES string of the molecule is CN=C(NCCCCNc1ccccn1)N1CCC2(CCC2)C1. The second-order valence-electron chi connectivity index (χ2n) is 6.85. The van der Waals surface area contributed by atoms with E-state index in [-0.39, 0.29) is 0 Å². The van der Waals surface area contributed by atoms with Crippen molar-refractivity contribution in [3.63, 3.8) is 0 Å². The van der Waals surface area contributed by atoms with E-state index in [1.54, 1.807) is 0 Å². The molecule has 1 aliphatic carbocycles. The minimum atomic E-state index is 0.629. The first-order valence-corrected chi connectivity index (χ1v) is 8.92. The molecule has 0 radical (unpaired) electrons. The summed E-state index contributed by atoms with van der Waals surface area (Å²) in [4.78, 5) is 11.2. The van der Waals surface area contributed by atoms with E-state index in [2.05, 4.69) is 25.5 Å². The summed E-state index contributed by atoms with van der Waals surface area (Å²) in [5.74, 6) is 2.05. The molecule has 1 saturated heterocycles. The van der Waals surface area contributed by atoms with Crippen LogP contribution in [-0.2, 0) is 0 Å². The monoisotopic (exact) mass is 315 g/mol. The van der Waals surface area contributed by atoms with E-state index < -0.39 is 0 Å². The first-order chi connectivity index (χ1) is 11.3. The van der Waals surface area contributed by atoms with Gasteiger partial charge in [0.25, 0.3) is 0 Å². The van der Waals surface area contributed by atoms with Crippen LogP contribution in [0.2, 0.25) is 0 Å². The Morgan fingerprint density at radius 1 is 1.26 bits per heavy atom. The van der Waals surface area contributed by atoms with Crippen LogP contribution >= 0.6 is 0 Å². The molecule has 1 aliphatic heterocycles. The van der Waals surface area contributed by atoms with Gasteiger partial charge < -0.3 is 15.5 Å². The molecule has 2 fully saturated rings. The van der Waals surface area contributed by atoms with Gasteiger partial charge in [-0.05, 0) is 49.7 Å². The lowest BCUT2D eigenvalue weighted by Crippen LogP contribution is -2.42. The standard InChI is InChI=1S/C18H29N5/c1-19-17(23-14-10-18(15-23)8-6-9-18)22-13-5-4-12-21-16-7-2-3-11-20-16/h2-3,7,11H,4-6,8-10,12-15H2,1H3,(H,19,22)(H,20,21). The van der Waals surface area contributed by atoms with Gasteiger partial charge in [0.15, 0.2) is 5.96 Å². The average Bonchev–Trinajstić information content (AvgIpc) is 3.01. The Morgan fingerprint density at radius 3 is 2.78 bits per heavy atom. The van der Waals surface area contributed by atoms with Crippen LogP contribution in [0.5, 0.6) is 0 Å². The summed E-state index contributed by atoms with van der Waals surface area (Å²) in [5, 5.41) is 6.88. The minimum absolute atomic E-state index is 0.629. The molecule has 5 nitrogen and oxygen atoms in total. The third-order valence-corrected chi connectivity index (χ3v) is 5.22. The van der Waals surface area contributed by atoms with Crippen LogP contribution in [0.4, 0.5) is 5.82 Å². The van der Waals surface area contributed by atoms with Crippen molar-refractivity contribution in [2.45, 2.75) is 38.5 Å². The second kappa shape index (κ2) is 7.66. The van der Waals surface area contributed by atoms with E-state index in [1.165, 1.54) is 38.8 Å². The third kappa shape index (κ3) is 4.15. The number of nitrogens with one attached hydrogen (secondary N) is 2. The topological polar surface area (TPSA) is 52.6 Å². The molecule has 3 rings (SSSR count). The van der Waals surface area contributed by atoms with Crippen LogP contribution in [0.3, 0.4) is 0 Å². The summed E-state index contributed by atoms with van der Waals surface area (Å²) in [7, 11) is 1.90. The van der Waals surface area contributed by atoms with Crippen molar-refractivity contribution in [3.8, 4) is 0 Å². The number of unbranched alkanes of at least 4 members (excludes halogenated alkanes) is 1. The van der Waals surface area contributed by atoms with Gasteiger partial charge in [-0.25, -0.2) is 4.98 Å². The van der Waals surface area contributed by atoms with Gasteiger partial charge in [-0.1, -0.05) is 12.5 Å². The van der Waals surface area contributed by atoms with Crippen LogP contribution in [0.15, 0.2) is 29.4 Å². The Kier molecular flexibility index (Phi) is 5.36. The molecule has 0 unspecified atom stereocenters. The second-order valence-corrected chi connectivity index (χ2v) is 6.85. The van der Waals surface area contributed by atoms with E-state index in [1.807, 2.05) is 31.4 Å². The lowest BCUT2D eigenvalue weighted by molar-refractivity contribution is 0.151. The number of guanidine groups is 1. The summed E-state index contributed by atoms with van der Waals surface area (Å²) in [6, 6.07) is 5.95. The highest BCUT2D eigenvalue weighted by Gasteiger charge is 2.43. The molecule has 2 heterocycles. The van der Waals surface area contributed by atoms with Crippen molar-refractivity contribution in [2.24, 2.45) is 10.4 Å². The highest BCUT2D eigenvalue weighted by Crippen LogP contribution is 2.47. The van der Waals surface area contributed by atoms with Gasteiger partial charge in [0.2, 0.25) is 0 Å². The van der Waals surface area contributed by atoms with E-state index in [0.29, 0.717) is 5.41 Å². The molecule has 0 aromatic carbocycles. The molecule has 23 heavy (non-hydrogen) atoms. The molecule has 2 aliphatic rings. The van der Waals surface area contributed by atoms with Gasteiger partial charge in [0, 0.05) is 39.4 Å². The highest BCUT2D eigenvalue weighted by atomic mass is 15.3. The van der Waals surface area contributed by atoms with Crippen LogP contribution in [0.1, 0.15) is 38.5 Å². The maximum Gasteiger partial charge on any atom is 0.193 e. The van der Waals surface area contributed by atoms with Crippen molar-refractivity contribution in [1.82, 2.24) is 15.2 Å². The lowest BCUT2D eigenvalue weighted by Gasteiger charge is -2.38. The van der Waals surface area contributed by atoms with Crippen molar-refractivity contribution >= 4 is 11.8 Å². The molecular weight excluding hydrogens is 286 g/mol. The first kappa shape index (κ1) is 16.1. The van der Waals surface area contributed by atoms with Crippen LogP contribution in [-0.4, -0.2) is 49.1 Å². The summed E-state index contributed by atoms with van der Waals surface area (Å²) in [6.45, 7) is 4.32. The fourth-order valence-electron chi connectivity index (χ4n) is 3.67. The molecule has 2 N–H and O–H groups in total. The number of hydrogen-bond donors (Lipinski definition) is 2. The fraction of sp³-hybridized carbons (Fsp3) is 0.667. The molecular formula is C18H29N5. The van der Waals surface area contributed by atoms with E-state index in [4.69, 9.17) is 0 Å². The quantitative estimate of drug-likeness (QED) is 0.481. The van der Waals surface area contributed by atoms with Gasteiger partial charge in [0.1, 0.15) is 5.82 Å². The Bertz CT molecular complexity index is 509. The number of hydrogen-bond acceptors (Lipinski definition) is 3. The number of rotatable bonds is 6. The van der Waals surface area contributed by atoms with Crippen LogP contribution in [0.25, 0.3) is 0 Å². The highest BCUT2D eigenvalue weighted by molar-refractivity contribution is 5.80. The Labute approximate surface area is 139 Å². The van der Waals surface area contributed by atoms with Crippen molar-refractivity contribution in [1.29, 1.82) is 0 Å². The minimum Gasteiger partial charge on any atom is -0.370 e. The van der Waals surface area contributed by atoms with Crippen molar-refractivity contribution < 1.29 is 0 Å². The predicted octanol–water partition coefficient (Wildman–Crippen LogP) is 2.73. The van der Waals surface area contributed by atoms with E-state index in [0.717, 1.165) is 37.7 Å². The fourth-order valence-corrected chi connectivity index (χ4v) is 3.67. The number of nitrogens with zero attached hydrogens (tertiary/aromatic N) is 3. The number of aromatic nitrogens is 1. The van der Waals surface area contributed by atoms with Crippen molar-refractivity contribution in [2.75, 3.05) is 38.5 Å². The number of pyridine rings is 1. The lowest BCUT2D eigenvalue weighted by atomic mass is 9.68. The first-order valence-electron chi connectivity index (χ1n) is 8.92. The zero-order valence-corrected chi connectivity index (χ0v) is 14.2. The Hall–Kier alpha value is -1.78. The molecule has 1 aromatic heterocycles. The predicted molar refractivity (Wildman–Crippen MR) is 95.8 cm³/mol. The van der Waals surface area contributed by atoms with Gasteiger partial charge in [-0.15, -0.1) is 0 Å². The number of aliphatic imine (C=N–C) groups is 1. The molecule has 0 amide bonds. The summed E-state index contributed by atoms with van der Waals surface area (Å²) in [6.07, 6.45) is 9.69. The molecule has 1 aromatic rings. The van der Waals surface area contributed by atoms with E-state index in [9.17, 15) is 0 Å². The average molecular weight is 315 g/mol. The van der Waals surface area contributed by atoms with Crippen LogP contribution in [0, 0.1) is 5.41 Å². The third-order valence-electron chi connectivity index (χ3n) is 5.22. The molecule has 1 spiro atoms. The largest absolute Gasteiger partial charge is 0.370 e. The van der Waals surface area contributed by atoms with Gasteiger partial charge in [-0.3, -0.25) is 4.99 Å². The molecule has 1 saturated carbocycles. The summed E-state index contributed by atoms with van der Waals surface area (Å²) < 4.78 is 0. The van der Waals surface area contributed by atoms with E-state index >= 15 is 0 Å². The smallest absolute Gasteiger partial charge is 0.193 e. The van der Waals surface area contributed by atoms with Crippen LogP contribution < -0.4 is 10.6 Å². The Balaban J connectivity index is 1.30. The zero-order valence-electron chi connectivity index (χ0n) is 14.2. The Morgan fingerprint density at radius 2 is 2.13 bits per heavy atom. The molecule has 126 valence electrons. The number of anilines is 1.